The first-order chi connectivity index (χ1) is 15.2. The number of guanidine groups is 1. The minimum atomic E-state index is 0. The number of amides is 1. The predicted molar refractivity (Wildman–Crippen MR) is 138 cm³/mol. The van der Waals surface area contributed by atoms with Crippen LogP contribution in [0.3, 0.4) is 0 Å². The lowest BCUT2D eigenvalue weighted by atomic mass is 9.67. The topological polar surface area (TPSA) is 95.0 Å². The van der Waals surface area contributed by atoms with Crippen molar-refractivity contribution in [3.63, 3.8) is 0 Å². The zero-order chi connectivity index (χ0) is 21.9. The third-order valence-corrected chi connectivity index (χ3v) is 6.27. The molecule has 1 saturated heterocycles. The molecule has 0 aromatic carbocycles. The molecule has 180 valence electrons. The number of hydrogen-bond acceptors (Lipinski definition) is 6. The molecule has 9 nitrogen and oxygen atoms in total. The van der Waals surface area contributed by atoms with Crippen molar-refractivity contribution < 1.29 is 9.53 Å². The molecule has 0 unspecified atom stereocenters. The molecule has 1 aromatic rings. The van der Waals surface area contributed by atoms with Gasteiger partial charge in [0, 0.05) is 78.3 Å². The summed E-state index contributed by atoms with van der Waals surface area (Å²) in [6, 6.07) is 1.81. The number of piperazine rings is 1. The Morgan fingerprint density at radius 2 is 1.91 bits per heavy atom. The van der Waals surface area contributed by atoms with Crippen molar-refractivity contribution in [2.75, 3.05) is 64.4 Å². The zero-order valence-corrected chi connectivity index (χ0v) is 21.7. The van der Waals surface area contributed by atoms with Crippen molar-refractivity contribution in [3.05, 3.63) is 18.5 Å². The van der Waals surface area contributed by atoms with Crippen molar-refractivity contribution in [1.29, 1.82) is 0 Å². The third-order valence-electron chi connectivity index (χ3n) is 6.27. The maximum atomic E-state index is 12.6. The van der Waals surface area contributed by atoms with Crippen molar-refractivity contribution in [2.45, 2.75) is 39.0 Å². The molecule has 3 rings (SSSR count). The van der Waals surface area contributed by atoms with Crippen molar-refractivity contribution in [2.24, 2.45) is 10.4 Å². The fraction of sp³-hybridized carbons (Fsp3) is 0.727. The maximum Gasteiger partial charge on any atom is 0.225 e. The van der Waals surface area contributed by atoms with Crippen LogP contribution in [0.4, 0.5) is 5.95 Å². The Bertz CT molecular complexity index is 707. The summed E-state index contributed by atoms with van der Waals surface area (Å²) in [5.41, 5.74) is 0.288. The molecule has 1 amide bonds. The second-order valence-corrected chi connectivity index (χ2v) is 8.38. The molecule has 1 aliphatic carbocycles. The molecule has 0 spiro atoms. The third kappa shape index (κ3) is 7.72. The predicted octanol–water partition coefficient (Wildman–Crippen LogP) is 1.90. The summed E-state index contributed by atoms with van der Waals surface area (Å²) >= 11 is 0. The summed E-state index contributed by atoms with van der Waals surface area (Å²) in [6.07, 6.45) is 8.74. The highest BCUT2D eigenvalue weighted by Crippen LogP contribution is 2.44. The monoisotopic (exact) mass is 559 g/mol. The molecule has 2 heterocycles. The number of carbonyl (C=O) groups is 1. The van der Waals surface area contributed by atoms with Crippen LogP contribution >= 0.6 is 24.0 Å². The first-order valence-electron chi connectivity index (χ1n) is 11.5. The molecule has 1 aliphatic heterocycles. The molecule has 1 saturated carbocycles. The number of nitrogens with zero attached hydrogens (tertiary/aromatic N) is 5. The first kappa shape index (κ1) is 26.6. The van der Waals surface area contributed by atoms with Gasteiger partial charge in [-0.3, -0.25) is 9.79 Å². The largest absolute Gasteiger partial charge is 0.385 e. The van der Waals surface area contributed by atoms with E-state index in [0.29, 0.717) is 26.1 Å². The van der Waals surface area contributed by atoms with Gasteiger partial charge < -0.3 is 25.2 Å². The van der Waals surface area contributed by atoms with E-state index in [1.807, 2.05) is 11.0 Å². The van der Waals surface area contributed by atoms with Gasteiger partial charge in [0.2, 0.25) is 11.9 Å². The fourth-order valence-electron chi connectivity index (χ4n) is 4.13. The van der Waals surface area contributed by atoms with E-state index >= 15 is 0 Å². The van der Waals surface area contributed by atoms with Crippen LogP contribution in [0, 0.1) is 5.41 Å². The minimum Gasteiger partial charge on any atom is -0.385 e. The van der Waals surface area contributed by atoms with Crippen LogP contribution in [0.5, 0.6) is 0 Å². The van der Waals surface area contributed by atoms with Gasteiger partial charge in [0.1, 0.15) is 0 Å². The van der Waals surface area contributed by atoms with Gasteiger partial charge in [-0.25, -0.2) is 9.97 Å². The molecular formula is C22H38IN7O2. The molecule has 1 aromatic heterocycles. The number of rotatable bonds is 10. The number of carbonyl (C=O) groups excluding carboxylic acids is 1. The summed E-state index contributed by atoms with van der Waals surface area (Å²) in [7, 11) is 1.76. The molecular weight excluding hydrogens is 521 g/mol. The Balaban J connectivity index is 0.00000363. The molecule has 2 aliphatic rings. The number of anilines is 1. The molecule has 32 heavy (non-hydrogen) atoms. The molecule has 0 radical (unpaired) electrons. The zero-order valence-electron chi connectivity index (χ0n) is 19.4. The number of methoxy groups -OCH3 is 1. The second kappa shape index (κ2) is 13.8. The number of ether oxygens (including phenoxy) is 1. The Morgan fingerprint density at radius 3 is 2.50 bits per heavy atom. The van der Waals surface area contributed by atoms with Crippen LogP contribution in [-0.2, 0) is 9.53 Å². The van der Waals surface area contributed by atoms with Crippen LogP contribution in [0.25, 0.3) is 0 Å². The van der Waals surface area contributed by atoms with E-state index in [-0.39, 0.29) is 35.3 Å². The van der Waals surface area contributed by atoms with Gasteiger partial charge in [-0.2, -0.15) is 0 Å². The van der Waals surface area contributed by atoms with Gasteiger partial charge in [0.15, 0.2) is 5.96 Å². The summed E-state index contributed by atoms with van der Waals surface area (Å²) in [6.45, 7) is 7.96. The van der Waals surface area contributed by atoms with Gasteiger partial charge >= 0.3 is 0 Å². The Kier molecular flexibility index (Phi) is 11.4. The number of halogens is 1. The molecule has 10 heteroatoms. The van der Waals surface area contributed by atoms with E-state index < -0.39 is 0 Å². The Hall–Kier alpha value is -1.69. The normalized spacial score (nSPS) is 17.9. The van der Waals surface area contributed by atoms with Gasteiger partial charge in [-0.15, -0.1) is 24.0 Å². The highest BCUT2D eigenvalue weighted by atomic mass is 127. The summed E-state index contributed by atoms with van der Waals surface area (Å²) in [5.74, 6) is 1.70. The number of aliphatic imine (C=N–C) groups is 1. The van der Waals surface area contributed by atoms with E-state index in [4.69, 9.17) is 9.73 Å². The summed E-state index contributed by atoms with van der Waals surface area (Å²) in [5, 5.41) is 6.63. The number of aromatic nitrogens is 2. The summed E-state index contributed by atoms with van der Waals surface area (Å²) < 4.78 is 5.28. The van der Waals surface area contributed by atoms with Crippen LogP contribution in [-0.4, -0.2) is 86.3 Å². The smallest absolute Gasteiger partial charge is 0.225 e. The average molecular weight is 559 g/mol. The van der Waals surface area contributed by atoms with E-state index in [2.05, 4.69) is 32.4 Å². The van der Waals surface area contributed by atoms with Crippen LogP contribution < -0.4 is 15.5 Å². The standard InChI is InChI=1S/C22H37N7O2.HI/c1-3-23-20(27-18-22(7-4-8-22)9-17-31-2)24-12-6-19(30)28-13-15-29(16-14-28)21-25-10-5-11-26-21;/h5,10-11H,3-4,6-9,12-18H2,1-2H3,(H2,23,24,27);1H. The lowest BCUT2D eigenvalue weighted by Gasteiger charge is -2.40. The van der Waals surface area contributed by atoms with Crippen molar-refractivity contribution in [3.8, 4) is 0 Å². The molecule has 2 N–H and O–H groups in total. The van der Waals surface area contributed by atoms with Gasteiger partial charge in [-0.1, -0.05) is 6.42 Å². The SMILES string of the molecule is CCNC(=NCC1(CCOC)CCC1)NCCC(=O)N1CCN(c2ncccn2)CC1.I. The quantitative estimate of drug-likeness (QED) is 0.257. The average Bonchev–Trinajstić information content (AvgIpc) is 2.78. The van der Waals surface area contributed by atoms with Crippen molar-refractivity contribution >= 4 is 41.8 Å². The second-order valence-electron chi connectivity index (χ2n) is 8.38. The molecule has 0 bridgehead atoms. The van der Waals surface area contributed by atoms with E-state index in [1.165, 1.54) is 19.3 Å². The van der Waals surface area contributed by atoms with E-state index in [1.54, 1.807) is 19.5 Å². The van der Waals surface area contributed by atoms with E-state index in [9.17, 15) is 4.79 Å². The minimum absolute atomic E-state index is 0. The van der Waals surface area contributed by atoms with Gasteiger partial charge in [0.05, 0.1) is 0 Å². The highest BCUT2D eigenvalue weighted by Gasteiger charge is 2.36. The number of hydrogen-bond donors (Lipinski definition) is 2. The van der Waals surface area contributed by atoms with Gasteiger partial charge in [-0.05, 0) is 37.7 Å². The van der Waals surface area contributed by atoms with Crippen LogP contribution in [0.2, 0.25) is 0 Å². The molecule has 2 fully saturated rings. The van der Waals surface area contributed by atoms with Gasteiger partial charge in [0.25, 0.3) is 0 Å². The Labute approximate surface area is 208 Å². The highest BCUT2D eigenvalue weighted by molar-refractivity contribution is 14.0. The van der Waals surface area contributed by atoms with Crippen LogP contribution in [0.15, 0.2) is 23.5 Å². The van der Waals surface area contributed by atoms with E-state index in [0.717, 1.165) is 51.1 Å². The Morgan fingerprint density at radius 1 is 1.19 bits per heavy atom. The lowest BCUT2D eigenvalue weighted by Crippen LogP contribution is -2.50. The first-order valence-corrected chi connectivity index (χ1v) is 11.5. The van der Waals surface area contributed by atoms with Crippen molar-refractivity contribution in [1.82, 2.24) is 25.5 Å². The summed E-state index contributed by atoms with van der Waals surface area (Å²) in [4.78, 5) is 30.1. The lowest BCUT2D eigenvalue weighted by molar-refractivity contribution is -0.131. The number of nitrogens with one attached hydrogen (secondary N) is 2. The fourth-order valence-corrected chi connectivity index (χ4v) is 4.13. The molecule has 0 atom stereocenters. The van der Waals surface area contributed by atoms with Crippen LogP contribution in [0.1, 0.15) is 39.0 Å². The maximum absolute atomic E-state index is 12.6.